The highest BCUT2D eigenvalue weighted by Crippen LogP contribution is 2.28. The van der Waals surface area contributed by atoms with Crippen molar-refractivity contribution in [1.29, 1.82) is 5.26 Å². The largest absolute Gasteiger partial charge is 0.272 e. The number of amidine groups is 1. The average molecular weight is 253 g/mol. The second-order valence-electron chi connectivity index (χ2n) is 3.42. The molecule has 0 aliphatic rings. The van der Waals surface area contributed by atoms with E-state index < -0.39 is 0 Å². The minimum absolute atomic E-state index is 0.0910. The fourth-order valence-electron chi connectivity index (χ4n) is 1.49. The molecule has 1 heterocycles. The number of hydrogen-bond donors (Lipinski definition) is 1. The van der Waals surface area contributed by atoms with Crippen molar-refractivity contribution >= 4 is 28.3 Å². The molecule has 0 aliphatic heterocycles. The van der Waals surface area contributed by atoms with Gasteiger partial charge >= 0.3 is 0 Å². The van der Waals surface area contributed by atoms with Gasteiger partial charge in [0.1, 0.15) is 0 Å². The van der Waals surface area contributed by atoms with Crippen LogP contribution >= 0.6 is 23.1 Å². The van der Waals surface area contributed by atoms with E-state index in [9.17, 15) is 0 Å². The second-order valence-corrected chi connectivity index (χ2v) is 5.68. The lowest BCUT2D eigenvalue weighted by molar-refractivity contribution is 0.816. The molecule has 0 amide bonds. The van der Waals surface area contributed by atoms with Gasteiger partial charge in [-0.15, -0.1) is 11.3 Å². The molecule has 0 saturated heterocycles. The molecule has 0 spiro atoms. The van der Waals surface area contributed by atoms with Crippen LogP contribution in [0.5, 0.6) is 0 Å². The quantitative estimate of drug-likeness (QED) is 0.381. The number of nitriles is 1. The molecular weight excluding hydrogens is 238 g/mol. The van der Waals surface area contributed by atoms with E-state index in [0.29, 0.717) is 5.17 Å². The molecule has 5 heteroatoms. The number of rotatable bonds is 2. The van der Waals surface area contributed by atoms with Crippen molar-refractivity contribution in [2.24, 2.45) is 4.99 Å². The Morgan fingerprint density at radius 3 is 2.75 bits per heavy atom. The van der Waals surface area contributed by atoms with Crippen LogP contribution in [0, 0.1) is 25.3 Å². The lowest BCUT2D eigenvalue weighted by atomic mass is 10.1. The molecule has 1 rings (SSSR count). The fraction of sp³-hybridized carbons (Fsp3) is 0.455. The van der Waals surface area contributed by atoms with Gasteiger partial charge in [-0.2, -0.15) is 5.26 Å². The van der Waals surface area contributed by atoms with Crippen molar-refractivity contribution in [3.05, 3.63) is 21.4 Å². The van der Waals surface area contributed by atoms with Gasteiger partial charge in [0.15, 0.2) is 11.4 Å². The van der Waals surface area contributed by atoms with Crippen molar-refractivity contribution < 1.29 is 0 Å². The van der Waals surface area contributed by atoms with Crippen molar-refractivity contribution in [3.8, 4) is 6.19 Å². The molecule has 3 nitrogen and oxygen atoms in total. The van der Waals surface area contributed by atoms with E-state index in [1.807, 2.05) is 19.4 Å². The number of hydrogen-bond acceptors (Lipinski definition) is 4. The Balaban J connectivity index is 2.90. The van der Waals surface area contributed by atoms with Gasteiger partial charge in [-0.3, -0.25) is 10.3 Å². The summed E-state index contributed by atoms with van der Waals surface area (Å²) in [6, 6.07) is 2.26. The van der Waals surface area contributed by atoms with E-state index in [0.717, 1.165) is 0 Å². The highest BCUT2D eigenvalue weighted by Gasteiger charge is 2.11. The molecule has 0 fully saturated rings. The third kappa shape index (κ3) is 3.26. The van der Waals surface area contributed by atoms with Gasteiger partial charge in [-0.05, 0) is 38.7 Å². The Hall–Kier alpha value is -0.990. The normalized spacial score (nSPS) is 13.3. The Kier molecular flexibility index (Phi) is 4.84. The van der Waals surface area contributed by atoms with Crippen molar-refractivity contribution in [1.82, 2.24) is 5.32 Å². The summed E-state index contributed by atoms with van der Waals surface area (Å²) in [5, 5.41) is 11.8. The van der Waals surface area contributed by atoms with Crippen LogP contribution in [0.3, 0.4) is 0 Å². The molecule has 0 aliphatic carbocycles. The van der Waals surface area contributed by atoms with E-state index in [1.54, 1.807) is 11.3 Å². The van der Waals surface area contributed by atoms with Crippen LogP contribution in [0.25, 0.3) is 0 Å². The predicted molar refractivity (Wildman–Crippen MR) is 71.9 cm³/mol. The first-order valence-electron chi connectivity index (χ1n) is 4.92. The van der Waals surface area contributed by atoms with Gasteiger partial charge in [0, 0.05) is 9.75 Å². The van der Waals surface area contributed by atoms with Crippen molar-refractivity contribution in [2.45, 2.75) is 26.8 Å². The lowest BCUT2D eigenvalue weighted by Crippen LogP contribution is -2.14. The van der Waals surface area contributed by atoms with Crippen LogP contribution in [0.1, 0.15) is 28.3 Å². The Bertz CT molecular complexity index is 429. The number of thioether (sulfide) groups is 1. The van der Waals surface area contributed by atoms with E-state index in [1.165, 1.54) is 27.1 Å². The van der Waals surface area contributed by atoms with Crippen LogP contribution in [0.15, 0.2) is 11.1 Å². The summed E-state index contributed by atoms with van der Waals surface area (Å²) < 4.78 is 0. The lowest BCUT2D eigenvalue weighted by Gasteiger charge is -2.07. The summed E-state index contributed by atoms with van der Waals surface area (Å²) >= 11 is 3.23. The standard InChI is InChI=1S/C11H15N3S2/c1-7-5-10(9(3)16-7)8(2)14-11(15-4)13-6-12/h5,8H,1-4H3,(H,13,14). The van der Waals surface area contributed by atoms with Crippen molar-refractivity contribution in [2.75, 3.05) is 6.26 Å². The van der Waals surface area contributed by atoms with Crippen LogP contribution < -0.4 is 5.32 Å². The first-order valence-corrected chi connectivity index (χ1v) is 6.96. The topological polar surface area (TPSA) is 48.2 Å². The highest BCUT2D eigenvalue weighted by molar-refractivity contribution is 8.13. The van der Waals surface area contributed by atoms with E-state index in [4.69, 9.17) is 5.26 Å². The maximum Gasteiger partial charge on any atom is 0.183 e. The molecule has 1 atom stereocenters. The van der Waals surface area contributed by atoms with Gasteiger partial charge in [0.25, 0.3) is 0 Å². The zero-order valence-electron chi connectivity index (χ0n) is 9.87. The zero-order valence-corrected chi connectivity index (χ0v) is 11.5. The molecule has 0 radical (unpaired) electrons. The zero-order chi connectivity index (χ0) is 12.1. The molecule has 0 bridgehead atoms. The average Bonchev–Trinajstić information content (AvgIpc) is 2.57. The molecule has 1 aromatic heterocycles. The second kappa shape index (κ2) is 5.92. The molecule has 0 saturated carbocycles. The molecule has 1 unspecified atom stereocenters. The third-order valence-electron chi connectivity index (χ3n) is 2.20. The van der Waals surface area contributed by atoms with Crippen LogP contribution in [-0.4, -0.2) is 11.4 Å². The maximum absolute atomic E-state index is 8.56. The van der Waals surface area contributed by atoms with Crippen LogP contribution in [0.4, 0.5) is 0 Å². The third-order valence-corrected chi connectivity index (χ3v) is 3.77. The van der Waals surface area contributed by atoms with Crippen molar-refractivity contribution in [3.63, 3.8) is 0 Å². The molecule has 16 heavy (non-hydrogen) atoms. The number of aryl methyl sites for hydroxylation is 2. The van der Waals surface area contributed by atoms with Gasteiger partial charge in [0.2, 0.25) is 0 Å². The number of aliphatic imine (C=N–C) groups is 1. The molecular formula is C11H15N3S2. The summed E-state index contributed by atoms with van der Waals surface area (Å²) in [7, 11) is 0. The molecule has 86 valence electrons. The SMILES string of the molecule is CSC(=NC(C)c1cc(C)sc1C)NC#N. The van der Waals surface area contributed by atoms with Gasteiger partial charge in [-0.1, -0.05) is 11.8 Å². The van der Waals surface area contributed by atoms with Crippen LogP contribution in [-0.2, 0) is 0 Å². The fourth-order valence-corrected chi connectivity index (χ4v) is 2.92. The predicted octanol–water partition coefficient (Wildman–Crippen LogP) is 3.22. The smallest absolute Gasteiger partial charge is 0.183 e. The molecule has 1 N–H and O–H groups in total. The highest BCUT2D eigenvalue weighted by atomic mass is 32.2. The minimum Gasteiger partial charge on any atom is -0.272 e. The number of nitrogens with one attached hydrogen (secondary N) is 1. The molecule has 0 aromatic carbocycles. The maximum atomic E-state index is 8.56. The number of nitrogens with zero attached hydrogens (tertiary/aromatic N) is 2. The number of thiophene rings is 1. The van der Waals surface area contributed by atoms with Crippen LogP contribution in [0.2, 0.25) is 0 Å². The van der Waals surface area contributed by atoms with E-state index in [-0.39, 0.29) is 6.04 Å². The summed E-state index contributed by atoms with van der Waals surface area (Å²) in [5.41, 5.74) is 1.24. The van der Waals surface area contributed by atoms with Gasteiger partial charge in [0.05, 0.1) is 6.04 Å². The summed E-state index contributed by atoms with van der Waals surface area (Å²) in [4.78, 5) is 7.08. The van der Waals surface area contributed by atoms with Gasteiger partial charge in [-0.25, -0.2) is 0 Å². The summed E-state index contributed by atoms with van der Waals surface area (Å²) in [6.45, 7) is 6.25. The van der Waals surface area contributed by atoms with E-state index >= 15 is 0 Å². The van der Waals surface area contributed by atoms with Gasteiger partial charge < -0.3 is 0 Å². The Morgan fingerprint density at radius 1 is 1.62 bits per heavy atom. The van der Waals surface area contributed by atoms with E-state index in [2.05, 4.69) is 30.2 Å². The molecule has 1 aromatic rings. The summed E-state index contributed by atoms with van der Waals surface area (Å²) in [6.07, 6.45) is 3.80. The summed E-state index contributed by atoms with van der Waals surface area (Å²) in [5.74, 6) is 0. The Labute approximate surface area is 105 Å². The first kappa shape index (κ1) is 13.1. The first-order chi connectivity index (χ1) is 7.58. The minimum atomic E-state index is 0.0910. The Morgan fingerprint density at radius 2 is 2.31 bits per heavy atom. The monoisotopic (exact) mass is 253 g/mol.